The van der Waals surface area contributed by atoms with Crippen LogP contribution in [0.25, 0.3) is 0 Å². The molecule has 0 aromatic rings. The second-order valence-corrected chi connectivity index (χ2v) is 1.23. The maximum Gasteiger partial charge on any atom is 0.0443 e. The van der Waals surface area contributed by atoms with E-state index in [9.17, 15) is 0 Å². The fourth-order valence-corrected chi connectivity index (χ4v) is 0.280. The van der Waals surface area contributed by atoms with E-state index < -0.39 is 0 Å². The molecule has 0 bridgehead atoms. The molecule has 0 saturated carbocycles. The Morgan fingerprint density at radius 2 is 2.33 bits per heavy atom. The quantitative estimate of drug-likeness (QED) is 0.398. The lowest BCUT2D eigenvalue weighted by molar-refractivity contribution is 0.289. The summed E-state index contributed by atoms with van der Waals surface area (Å²) < 4.78 is 0. The Balaban J connectivity index is 2.34. The van der Waals surface area contributed by atoms with Crippen molar-refractivity contribution in [3.63, 3.8) is 0 Å². The first-order valence-corrected chi connectivity index (χ1v) is 2.24. The molecule has 0 unspecified atom stereocenters. The van der Waals surface area contributed by atoms with Crippen LogP contribution >= 0.6 is 11.8 Å². The van der Waals surface area contributed by atoms with Crippen molar-refractivity contribution in [2.75, 3.05) is 13.2 Å². The molecule has 0 aromatic carbocycles. The average molecular weight is 110 g/mol. The molecule has 0 aliphatic rings. The minimum atomic E-state index is 0.208. The Morgan fingerprint density at radius 3 is 2.50 bits per heavy atom. The number of aliphatic hydroxyl groups is 1. The summed E-state index contributed by atoms with van der Waals surface area (Å²) in [6.45, 7) is 0.887. The molecule has 0 spiro atoms. The van der Waals surface area contributed by atoms with Crippen LogP contribution in [-0.4, -0.2) is 18.3 Å². The summed E-state index contributed by atoms with van der Waals surface area (Å²) in [5.74, 6) is 0. The molecule has 0 rings (SSSR count). The number of aliphatic hydroxyl groups excluding tert-OH is 1. The highest BCUT2D eigenvalue weighted by Crippen LogP contribution is 1.70. The Morgan fingerprint density at radius 1 is 1.67 bits per heavy atom. The van der Waals surface area contributed by atoms with Crippen molar-refractivity contribution >= 4 is 11.8 Å². The second kappa shape index (κ2) is 5.21. The average Bonchev–Trinajstić information content (AvgIpc) is 1.61. The molecule has 38 valence electrons. The molecular formula is C3H8ClNO. The monoisotopic (exact) mass is 109 g/mol. The van der Waals surface area contributed by atoms with Gasteiger partial charge in [0.25, 0.3) is 0 Å². The zero-order chi connectivity index (χ0) is 4.83. The molecule has 0 aliphatic heterocycles. The van der Waals surface area contributed by atoms with E-state index in [0.29, 0.717) is 6.54 Å². The summed E-state index contributed by atoms with van der Waals surface area (Å²) in [6.07, 6.45) is 0.726. The molecule has 0 saturated heterocycles. The summed E-state index contributed by atoms with van der Waals surface area (Å²) in [5, 5.41) is 8.10. The molecule has 6 heavy (non-hydrogen) atoms. The van der Waals surface area contributed by atoms with Crippen molar-refractivity contribution < 1.29 is 5.11 Å². The lowest BCUT2D eigenvalue weighted by atomic mass is 10.5. The molecule has 0 aromatic heterocycles. The molecule has 0 atom stereocenters. The molecule has 0 heterocycles. The normalized spacial score (nSPS) is 9.00. The van der Waals surface area contributed by atoms with Crippen molar-refractivity contribution in [1.82, 2.24) is 4.84 Å². The lowest BCUT2D eigenvalue weighted by Gasteiger charge is -1.87. The summed E-state index contributed by atoms with van der Waals surface area (Å²) >= 11 is 5.02. The summed E-state index contributed by atoms with van der Waals surface area (Å²) in [4.78, 5) is 2.38. The van der Waals surface area contributed by atoms with E-state index in [1.165, 1.54) is 0 Å². The van der Waals surface area contributed by atoms with Gasteiger partial charge in [-0.05, 0) is 18.2 Å². The van der Waals surface area contributed by atoms with Gasteiger partial charge < -0.3 is 5.11 Å². The highest BCUT2D eigenvalue weighted by molar-refractivity contribution is 6.13. The van der Waals surface area contributed by atoms with Gasteiger partial charge in [-0.1, -0.05) is 0 Å². The third-order valence-corrected chi connectivity index (χ3v) is 0.618. The SMILES string of the molecule is OCCCNCl. The number of hydrogen-bond acceptors (Lipinski definition) is 2. The fraction of sp³-hybridized carbons (Fsp3) is 1.00. The second-order valence-electron chi connectivity index (χ2n) is 0.961. The van der Waals surface area contributed by atoms with Crippen LogP contribution in [0.1, 0.15) is 6.42 Å². The number of hydrogen-bond donors (Lipinski definition) is 2. The van der Waals surface area contributed by atoms with Gasteiger partial charge in [0.05, 0.1) is 0 Å². The van der Waals surface area contributed by atoms with Crippen molar-refractivity contribution in [3.8, 4) is 0 Å². The maximum atomic E-state index is 8.10. The highest BCUT2D eigenvalue weighted by atomic mass is 35.5. The number of rotatable bonds is 3. The lowest BCUT2D eigenvalue weighted by Crippen LogP contribution is -2.01. The van der Waals surface area contributed by atoms with Gasteiger partial charge in [-0.15, -0.1) is 0 Å². The van der Waals surface area contributed by atoms with Gasteiger partial charge in [-0.25, -0.2) is 4.84 Å². The molecule has 2 nitrogen and oxygen atoms in total. The zero-order valence-corrected chi connectivity index (χ0v) is 4.20. The van der Waals surface area contributed by atoms with E-state index in [-0.39, 0.29) is 6.61 Å². The van der Waals surface area contributed by atoms with Gasteiger partial charge in [-0.2, -0.15) is 0 Å². The van der Waals surface area contributed by atoms with Gasteiger partial charge in [0.15, 0.2) is 0 Å². The summed E-state index contributed by atoms with van der Waals surface area (Å²) in [5.41, 5.74) is 0. The Hall–Kier alpha value is 0.210. The Labute approximate surface area is 42.2 Å². The highest BCUT2D eigenvalue weighted by Gasteiger charge is 1.76. The van der Waals surface area contributed by atoms with Gasteiger partial charge in [0.2, 0.25) is 0 Å². The molecule has 0 aliphatic carbocycles. The van der Waals surface area contributed by atoms with E-state index in [1.54, 1.807) is 0 Å². The van der Waals surface area contributed by atoms with Gasteiger partial charge in [-0.3, -0.25) is 0 Å². The van der Waals surface area contributed by atoms with Crippen LogP contribution in [0.3, 0.4) is 0 Å². The van der Waals surface area contributed by atoms with Gasteiger partial charge in [0, 0.05) is 13.2 Å². The third kappa shape index (κ3) is 4.21. The molecule has 3 heteroatoms. The van der Waals surface area contributed by atoms with E-state index >= 15 is 0 Å². The van der Waals surface area contributed by atoms with E-state index in [2.05, 4.69) is 4.84 Å². The van der Waals surface area contributed by atoms with Crippen molar-refractivity contribution in [1.29, 1.82) is 0 Å². The zero-order valence-electron chi connectivity index (χ0n) is 3.45. The maximum absolute atomic E-state index is 8.10. The van der Waals surface area contributed by atoms with Crippen LogP contribution in [0.4, 0.5) is 0 Å². The van der Waals surface area contributed by atoms with Crippen LogP contribution < -0.4 is 4.84 Å². The van der Waals surface area contributed by atoms with Crippen LogP contribution in [0.5, 0.6) is 0 Å². The van der Waals surface area contributed by atoms with E-state index in [0.717, 1.165) is 6.42 Å². The molecule has 0 fully saturated rings. The first-order chi connectivity index (χ1) is 2.91. The van der Waals surface area contributed by atoms with E-state index in [1.807, 2.05) is 0 Å². The van der Waals surface area contributed by atoms with Crippen LogP contribution in [0.2, 0.25) is 0 Å². The number of halogens is 1. The van der Waals surface area contributed by atoms with E-state index in [4.69, 9.17) is 16.9 Å². The van der Waals surface area contributed by atoms with Gasteiger partial charge >= 0.3 is 0 Å². The third-order valence-electron chi connectivity index (χ3n) is 0.429. The van der Waals surface area contributed by atoms with Crippen LogP contribution in [-0.2, 0) is 0 Å². The molecule has 0 radical (unpaired) electrons. The summed E-state index contributed by atoms with van der Waals surface area (Å²) in [6, 6.07) is 0. The van der Waals surface area contributed by atoms with Crippen LogP contribution in [0.15, 0.2) is 0 Å². The standard InChI is InChI=1S/C3H8ClNO/c4-5-2-1-3-6/h5-6H,1-3H2. The minimum Gasteiger partial charge on any atom is -0.396 e. The van der Waals surface area contributed by atoms with Gasteiger partial charge in [0.1, 0.15) is 0 Å². The smallest absolute Gasteiger partial charge is 0.0443 e. The largest absolute Gasteiger partial charge is 0.396 e. The van der Waals surface area contributed by atoms with Crippen molar-refractivity contribution in [3.05, 3.63) is 0 Å². The first-order valence-electron chi connectivity index (χ1n) is 1.86. The first kappa shape index (κ1) is 6.21. The van der Waals surface area contributed by atoms with Crippen LogP contribution in [0, 0.1) is 0 Å². The Kier molecular flexibility index (Phi) is 5.39. The number of nitrogens with one attached hydrogen (secondary N) is 1. The fourth-order valence-electron chi connectivity index (χ4n) is 0.146. The van der Waals surface area contributed by atoms with Crippen molar-refractivity contribution in [2.45, 2.75) is 6.42 Å². The molecular weight excluding hydrogens is 101 g/mol. The molecule has 0 amide bonds. The molecule has 2 N–H and O–H groups in total. The van der Waals surface area contributed by atoms with Crippen molar-refractivity contribution in [2.24, 2.45) is 0 Å². The Bertz CT molecular complexity index is 22.8. The predicted octanol–water partition coefficient (Wildman–Crippen LogP) is 0.112. The predicted molar refractivity (Wildman–Crippen MR) is 25.6 cm³/mol. The topological polar surface area (TPSA) is 32.3 Å². The summed E-state index contributed by atoms with van der Waals surface area (Å²) in [7, 11) is 0. The minimum absolute atomic E-state index is 0.208.